The van der Waals surface area contributed by atoms with Crippen LogP contribution in [0.4, 0.5) is 14.6 Å². The van der Waals surface area contributed by atoms with E-state index in [0.29, 0.717) is 17.8 Å². The first-order valence-corrected chi connectivity index (χ1v) is 11.0. The van der Waals surface area contributed by atoms with E-state index in [1.807, 2.05) is 60.7 Å². The lowest BCUT2D eigenvalue weighted by Crippen LogP contribution is -2.35. The summed E-state index contributed by atoms with van der Waals surface area (Å²) in [6, 6.07) is 22.4. The Morgan fingerprint density at radius 1 is 0.971 bits per heavy atom. The van der Waals surface area contributed by atoms with Crippen LogP contribution in [0.15, 0.2) is 72.8 Å². The van der Waals surface area contributed by atoms with Crippen molar-refractivity contribution in [3.8, 4) is 0 Å². The minimum atomic E-state index is -1.57. The van der Waals surface area contributed by atoms with Crippen LogP contribution in [0, 0.1) is 6.08 Å². The molecule has 1 saturated carbocycles. The van der Waals surface area contributed by atoms with Crippen LogP contribution in [0.3, 0.4) is 0 Å². The lowest BCUT2D eigenvalue weighted by Gasteiger charge is -2.24. The lowest BCUT2D eigenvalue weighted by molar-refractivity contribution is -0.0910. The zero-order valence-electron chi connectivity index (χ0n) is 18.1. The summed E-state index contributed by atoms with van der Waals surface area (Å²) >= 11 is 0. The van der Waals surface area contributed by atoms with E-state index in [0.717, 1.165) is 11.1 Å². The van der Waals surface area contributed by atoms with E-state index in [9.17, 15) is 4.39 Å². The highest BCUT2D eigenvalue weighted by Crippen LogP contribution is 2.60. The van der Waals surface area contributed by atoms with Crippen molar-refractivity contribution in [3.63, 3.8) is 0 Å². The summed E-state index contributed by atoms with van der Waals surface area (Å²) in [4.78, 5) is 3.53. The van der Waals surface area contributed by atoms with Crippen molar-refractivity contribution in [3.05, 3.63) is 95.7 Å². The second kappa shape index (κ2) is 8.12. The van der Waals surface area contributed by atoms with Gasteiger partial charge >= 0.3 is 6.08 Å². The van der Waals surface area contributed by atoms with Crippen molar-refractivity contribution >= 4 is 11.3 Å². The standard InChI is InChI=1S/C25H22F2N4O3/c26-20-19(17-11-12-18-23(28)29-24(27)30-31(17)18)34-22-21(32-13-15-7-3-1-4-8-15)25(20,22)33-14-16-9-5-2-6-10-16/h1-12,19-22H,13-14H2,(H2,28,29,30). The van der Waals surface area contributed by atoms with E-state index in [-0.39, 0.29) is 12.4 Å². The monoisotopic (exact) mass is 464 g/mol. The van der Waals surface area contributed by atoms with Gasteiger partial charge in [0.15, 0.2) is 17.6 Å². The number of ether oxygens (including phenoxy) is 3. The summed E-state index contributed by atoms with van der Waals surface area (Å²) in [5.74, 6) is -0.0311. The molecule has 5 atom stereocenters. The third-order valence-corrected chi connectivity index (χ3v) is 6.48. The highest BCUT2D eigenvalue weighted by atomic mass is 19.1. The topological polar surface area (TPSA) is 83.9 Å². The van der Waals surface area contributed by atoms with Crippen LogP contribution >= 0.6 is 0 Å². The van der Waals surface area contributed by atoms with Crippen molar-refractivity contribution in [2.45, 2.75) is 43.3 Å². The zero-order chi connectivity index (χ0) is 23.3. The number of hydrogen-bond donors (Lipinski definition) is 1. The Morgan fingerprint density at radius 2 is 1.65 bits per heavy atom. The minimum Gasteiger partial charge on any atom is -0.382 e. The maximum absolute atomic E-state index is 16.1. The maximum atomic E-state index is 16.1. The van der Waals surface area contributed by atoms with Crippen LogP contribution in [-0.4, -0.2) is 38.6 Å². The number of fused-ring (bicyclic) bond motifs is 2. The highest BCUT2D eigenvalue weighted by molar-refractivity contribution is 5.65. The van der Waals surface area contributed by atoms with Gasteiger partial charge in [0.05, 0.1) is 18.9 Å². The first-order valence-electron chi connectivity index (χ1n) is 11.0. The molecule has 0 spiro atoms. The smallest absolute Gasteiger partial charge is 0.327 e. The van der Waals surface area contributed by atoms with Gasteiger partial charge in [-0.2, -0.15) is 9.37 Å². The normalized spacial score (nSPS) is 27.7. The molecule has 34 heavy (non-hydrogen) atoms. The van der Waals surface area contributed by atoms with Crippen molar-refractivity contribution in [2.24, 2.45) is 0 Å². The molecule has 174 valence electrons. The Labute approximate surface area is 194 Å². The number of anilines is 1. The van der Waals surface area contributed by atoms with Crippen molar-refractivity contribution in [1.82, 2.24) is 14.6 Å². The Morgan fingerprint density at radius 3 is 2.35 bits per heavy atom. The fraction of sp³-hybridized carbons (Fsp3) is 0.280. The van der Waals surface area contributed by atoms with Gasteiger partial charge in [0, 0.05) is 0 Å². The van der Waals surface area contributed by atoms with Crippen LogP contribution in [0.1, 0.15) is 22.9 Å². The lowest BCUT2D eigenvalue weighted by atomic mass is 10.1. The highest BCUT2D eigenvalue weighted by Gasteiger charge is 2.80. The van der Waals surface area contributed by atoms with Crippen LogP contribution in [0.2, 0.25) is 0 Å². The molecule has 6 rings (SSSR count). The van der Waals surface area contributed by atoms with Gasteiger partial charge in [0.2, 0.25) is 0 Å². The summed E-state index contributed by atoms with van der Waals surface area (Å²) < 4.78 is 49.6. The maximum Gasteiger partial charge on any atom is 0.327 e. The molecule has 0 bridgehead atoms. The minimum absolute atomic E-state index is 0.0311. The van der Waals surface area contributed by atoms with Crippen LogP contribution in [0.25, 0.3) is 5.52 Å². The molecule has 9 heteroatoms. The first kappa shape index (κ1) is 21.2. The predicted octanol–water partition coefficient (Wildman–Crippen LogP) is 3.78. The van der Waals surface area contributed by atoms with E-state index in [4.69, 9.17) is 19.9 Å². The van der Waals surface area contributed by atoms with E-state index < -0.39 is 36.2 Å². The van der Waals surface area contributed by atoms with Gasteiger partial charge in [0.25, 0.3) is 0 Å². The van der Waals surface area contributed by atoms with Gasteiger partial charge in [0.1, 0.15) is 23.8 Å². The second-order valence-electron chi connectivity index (χ2n) is 8.55. The van der Waals surface area contributed by atoms with E-state index >= 15 is 4.39 Å². The van der Waals surface area contributed by atoms with Gasteiger partial charge in [-0.05, 0) is 23.3 Å². The molecule has 2 aromatic heterocycles. The summed E-state index contributed by atoms with van der Waals surface area (Å²) in [7, 11) is 0. The average Bonchev–Trinajstić information content (AvgIpc) is 3.08. The third kappa shape index (κ3) is 3.35. The molecule has 0 amide bonds. The van der Waals surface area contributed by atoms with Gasteiger partial charge in [-0.1, -0.05) is 60.7 Å². The Kier molecular flexibility index (Phi) is 5.05. The van der Waals surface area contributed by atoms with Gasteiger partial charge in [-0.15, -0.1) is 5.10 Å². The molecule has 5 unspecified atom stereocenters. The Balaban J connectivity index is 1.28. The van der Waals surface area contributed by atoms with Crippen LogP contribution < -0.4 is 5.73 Å². The molecule has 2 aromatic carbocycles. The fourth-order valence-electron chi connectivity index (χ4n) is 4.73. The fourth-order valence-corrected chi connectivity index (χ4v) is 4.73. The van der Waals surface area contributed by atoms with Crippen molar-refractivity contribution in [2.75, 3.05) is 5.73 Å². The summed E-state index contributed by atoms with van der Waals surface area (Å²) in [6.45, 7) is 0.514. The molecule has 0 radical (unpaired) electrons. The molecule has 2 fully saturated rings. The zero-order valence-corrected chi connectivity index (χ0v) is 18.1. The summed E-state index contributed by atoms with van der Waals surface area (Å²) in [5, 5.41) is 3.77. The Hall–Kier alpha value is -3.40. The number of benzene rings is 2. The van der Waals surface area contributed by atoms with E-state index in [1.54, 1.807) is 12.1 Å². The first-order chi connectivity index (χ1) is 16.6. The molecule has 3 heterocycles. The number of alkyl halides is 1. The number of nitrogens with two attached hydrogens (primary N) is 1. The van der Waals surface area contributed by atoms with Gasteiger partial charge < -0.3 is 19.9 Å². The molecule has 4 aromatic rings. The summed E-state index contributed by atoms with van der Waals surface area (Å²) in [5.41, 5.74) is 7.12. The van der Waals surface area contributed by atoms with E-state index in [2.05, 4.69) is 10.1 Å². The van der Waals surface area contributed by atoms with Gasteiger partial charge in [-0.25, -0.2) is 8.91 Å². The van der Waals surface area contributed by atoms with Gasteiger partial charge in [-0.3, -0.25) is 0 Å². The van der Waals surface area contributed by atoms with Crippen LogP contribution in [0.5, 0.6) is 0 Å². The van der Waals surface area contributed by atoms with Crippen LogP contribution in [-0.2, 0) is 27.4 Å². The molecular weight excluding hydrogens is 442 g/mol. The van der Waals surface area contributed by atoms with E-state index in [1.165, 1.54) is 4.52 Å². The molecule has 1 aliphatic heterocycles. The third-order valence-electron chi connectivity index (χ3n) is 6.48. The largest absolute Gasteiger partial charge is 0.382 e. The number of aromatic nitrogens is 3. The molecule has 2 N–H and O–H groups in total. The molecule has 1 saturated heterocycles. The number of halogens is 2. The molecular formula is C25H22F2N4O3. The molecule has 2 aliphatic rings. The number of nitrogens with zero attached hydrogens (tertiary/aromatic N) is 3. The second-order valence-corrected chi connectivity index (χ2v) is 8.55. The number of hydrogen-bond acceptors (Lipinski definition) is 6. The van der Waals surface area contributed by atoms with Crippen molar-refractivity contribution in [1.29, 1.82) is 0 Å². The predicted molar refractivity (Wildman–Crippen MR) is 119 cm³/mol. The number of rotatable bonds is 7. The molecule has 1 aliphatic carbocycles. The SMILES string of the molecule is Nc1nc(F)nn2c(C3OC4C(OCc5ccccc5)C4(OCc4ccccc4)C3F)ccc12. The quantitative estimate of drug-likeness (QED) is 0.448. The number of nitrogen functional groups attached to an aromatic ring is 1. The Bertz CT molecular complexity index is 1320. The summed E-state index contributed by atoms with van der Waals surface area (Å²) in [6.07, 6.45) is -4.78. The average molecular weight is 464 g/mol. The molecule has 7 nitrogen and oxygen atoms in total. The van der Waals surface area contributed by atoms with Crippen molar-refractivity contribution < 1.29 is 23.0 Å².